The van der Waals surface area contributed by atoms with Crippen LogP contribution in [0, 0.1) is 23.2 Å². The molecule has 1 rings (SSSR count). The highest BCUT2D eigenvalue weighted by Gasteiger charge is 2.16. The Labute approximate surface area is 91.0 Å². The highest BCUT2D eigenvalue weighted by molar-refractivity contribution is 5.44. The van der Waals surface area contributed by atoms with Gasteiger partial charge in [-0.15, -0.1) is 0 Å². The first-order chi connectivity index (χ1) is 6.99. The number of rotatable bonds is 0. The van der Waals surface area contributed by atoms with Crippen molar-refractivity contribution in [2.24, 2.45) is 0 Å². The molecule has 0 saturated carbocycles. The number of hydrogen-bond acceptors (Lipinski definition) is 2. The second-order valence-electron chi connectivity index (χ2n) is 4.33. The molecule has 1 heterocycles. The van der Waals surface area contributed by atoms with Crippen molar-refractivity contribution < 1.29 is 0 Å². The molecule has 0 aliphatic heterocycles. The predicted octanol–water partition coefficient (Wildman–Crippen LogP) is 2.62. The minimum absolute atomic E-state index is 0.0157. The minimum atomic E-state index is -0.0157. The molecular weight excluding hydrogens is 184 g/mol. The largest absolute Gasteiger partial charge is 0.242 e. The van der Waals surface area contributed by atoms with E-state index in [0.29, 0.717) is 11.3 Å². The molecule has 0 spiro atoms. The highest BCUT2D eigenvalue weighted by atomic mass is 14.7. The molecule has 0 unspecified atom stereocenters. The van der Waals surface area contributed by atoms with Gasteiger partial charge in [0, 0.05) is 11.1 Å². The number of aromatic nitrogens is 1. The summed E-state index contributed by atoms with van der Waals surface area (Å²) in [6, 6.07) is 5.77. The fraction of sp³-hybridized carbons (Fsp3) is 0.385. The van der Waals surface area contributed by atoms with Gasteiger partial charge in [0.25, 0.3) is 0 Å². The first-order valence-corrected chi connectivity index (χ1v) is 4.83. The SMILES string of the molecule is CC#Cc1nc(C(C)(C)C)ccc1C#N. The minimum Gasteiger partial charge on any atom is -0.242 e. The van der Waals surface area contributed by atoms with Crippen LogP contribution in [0.4, 0.5) is 0 Å². The van der Waals surface area contributed by atoms with Gasteiger partial charge in [0.15, 0.2) is 0 Å². The van der Waals surface area contributed by atoms with E-state index >= 15 is 0 Å². The zero-order chi connectivity index (χ0) is 11.5. The zero-order valence-corrected chi connectivity index (χ0v) is 9.55. The summed E-state index contributed by atoms with van der Waals surface area (Å²) >= 11 is 0. The molecule has 0 atom stereocenters. The van der Waals surface area contributed by atoms with Gasteiger partial charge in [-0.05, 0) is 25.0 Å². The van der Waals surface area contributed by atoms with Crippen molar-refractivity contribution in [1.82, 2.24) is 4.98 Å². The van der Waals surface area contributed by atoms with E-state index in [1.54, 1.807) is 13.0 Å². The third kappa shape index (κ3) is 2.58. The van der Waals surface area contributed by atoms with Gasteiger partial charge in [-0.3, -0.25) is 0 Å². The molecule has 0 radical (unpaired) electrons. The van der Waals surface area contributed by atoms with Gasteiger partial charge >= 0.3 is 0 Å². The number of hydrogen-bond donors (Lipinski definition) is 0. The number of nitriles is 1. The predicted molar refractivity (Wildman–Crippen MR) is 60.2 cm³/mol. The lowest BCUT2D eigenvalue weighted by Gasteiger charge is -2.17. The Hall–Kier alpha value is -1.80. The third-order valence-corrected chi connectivity index (χ3v) is 2.03. The van der Waals surface area contributed by atoms with Crippen molar-refractivity contribution in [3.63, 3.8) is 0 Å². The van der Waals surface area contributed by atoms with Crippen LogP contribution in [0.15, 0.2) is 12.1 Å². The van der Waals surface area contributed by atoms with Crippen LogP contribution in [0.3, 0.4) is 0 Å². The summed E-state index contributed by atoms with van der Waals surface area (Å²) < 4.78 is 0. The Morgan fingerprint density at radius 3 is 2.40 bits per heavy atom. The fourth-order valence-corrected chi connectivity index (χ4v) is 1.18. The van der Waals surface area contributed by atoms with E-state index in [4.69, 9.17) is 5.26 Å². The van der Waals surface area contributed by atoms with Gasteiger partial charge in [0.2, 0.25) is 0 Å². The van der Waals surface area contributed by atoms with Gasteiger partial charge in [0.1, 0.15) is 11.8 Å². The molecule has 15 heavy (non-hydrogen) atoms. The normalized spacial score (nSPS) is 10.1. The highest BCUT2D eigenvalue weighted by Crippen LogP contribution is 2.21. The van der Waals surface area contributed by atoms with Gasteiger partial charge in [-0.25, -0.2) is 4.98 Å². The molecule has 1 aromatic heterocycles. The molecule has 76 valence electrons. The van der Waals surface area contributed by atoms with E-state index in [1.165, 1.54) is 0 Å². The van der Waals surface area contributed by atoms with Crippen LogP contribution < -0.4 is 0 Å². The molecule has 0 aliphatic rings. The Morgan fingerprint density at radius 2 is 1.93 bits per heavy atom. The first kappa shape index (κ1) is 11.3. The Balaban J connectivity index is 3.34. The van der Waals surface area contributed by atoms with Gasteiger partial charge < -0.3 is 0 Å². The molecule has 0 aromatic carbocycles. The van der Waals surface area contributed by atoms with Crippen LogP contribution in [-0.4, -0.2) is 4.98 Å². The number of nitrogens with zero attached hydrogens (tertiary/aromatic N) is 2. The lowest BCUT2D eigenvalue weighted by atomic mass is 9.91. The Kier molecular flexibility index (Phi) is 3.12. The summed E-state index contributed by atoms with van der Waals surface area (Å²) in [6.07, 6.45) is 0. The molecule has 0 fully saturated rings. The first-order valence-electron chi connectivity index (χ1n) is 4.83. The average Bonchev–Trinajstić information content (AvgIpc) is 2.17. The van der Waals surface area contributed by atoms with Gasteiger partial charge in [-0.1, -0.05) is 26.7 Å². The van der Waals surface area contributed by atoms with Crippen molar-refractivity contribution in [2.75, 3.05) is 0 Å². The lowest BCUT2D eigenvalue weighted by molar-refractivity contribution is 0.568. The Bertz CT molecular complexity index is 462. The van der Waals surface area contributed by atoms with E-state index in [9.17, 15) is 0 Å². The smallest absolute Gasteiger partial charge is 0.131 e. The monoisotopic (exact) mass is 198 g/mol. The molecule has 1 aromatic rings. The lowest BCUT2D eigenvalue weighted by Crippen LogP contribution is -2.14. The molecule has 2 nitrogen and oxygen atoms in total. The number of pyridine rings is 1. The van der Waals surface area contributed by atoms with E-state index < -0.39 is 0 Å². The van der Waals surface area contributed by atoms with E-state index in [0.717, 1.165) is 5.69 Å². The molecule has 0 amide bonds. The van der Waals surface area contributed by atoms with Crippen molar-refractivity contribution in [2.45, 2.75) is 33.1 Å². The molecule has 0 aliphatic carbocycles. The summed E-state index contributed by atoms with van der Waals surface area (Å²) in [5.41, 5.74) is 2.06. The zero-order valence-electron chi connectivity index (χ0n) is 9.55. The quantitative estimate of drug-likeness (QED) is 0.601. The average molecular weight is 198 g/mol. The molecule has 2 heteroatoms. The summed E-state index contributed by atoms with van der Waals surface area (Å²) in [4.78, 5) is 4.41. The van der Waals surface area contributed by atoms with Crippen LogP contribution in [0.1, 0.15) is 44.6 Å². The standard InChI is InChI=1S/C13H14N2/c1-5-6-11-10(9-14)7-8-12(15-11)13(2,3)4/h7-8H,1-4H3. The maximum absolute atomic E-state index is 8.88. The second kappa shape index (κ2) is 4.15. The van der Waals surface area contributed by atoms with Gasteiger partial charge in [-0.2, -0.15) is 5.26 Å². The third-order valence-electron chi connectivity index (χ3n) is 2.03. The molecule has 0 N–H and O–H groups in total. The van der Waals surface area contributed by atoms with Gasteiger partial charge in [0.05, 0.1) is 5.56 Å². The van der Waals surface area contributed by atoms with Crippen molar-refractivity contribution in [3.8, 4) is 17.9 Å². The van der Waals surface area contributed by atoms with Crippen LogP contribution in [0.5, 0.6) is 0 Å². The molecular formula is C13H14N2. The maximum Gasteiger partial charge on any atom is 0.131 e. The van der Waals surface area contributed by atoms with E-state index in [1.807, 2.05) is 6.07 Å². The van der Waals surface area contributed by atoms with E-state index in [-0.39, 0.29) is 5.41 Å². The fourth-order valence-electron chi connectivity index (χ4n) is 1.18. The summed E-state index contributed by atoms with van der Waals surface area (Å²) in [6.45, 7) is 8.01. The molecule has 0 saturated heterocycles. The van der Waals surface area contributed by atoms with Crippen molar-refractivity contribution >= 4 is 0 Å². The summed E-state index contributed by atoms with van der Waals surface area (Å²) in [5.74, 6) is 5.63. The van der Waals surface area contributed by atoms with E-state index in [2.05, 4.69) is 43.7 Å². The topological polar surface area (TPSA) is 36.7 Å². The summed E-state index contributed by atoms with van der Waals surface area (Å²) in [7, 11) is 0. The van der Waals surface area contributed by atoms with Crippen LogP contribution in [0.2, 0.25) is 0 Å². The van der Waals surface area contributed by atoms with Crippen LogP contribution in [-0.2, 0) is 5.41 Å². The van der Waals surface area contributed by atoms with Crippen LogP contribution in [0.25, 0.3) is 0 Å². The maximum atomic E-state index is 8.88. The van der Waals surface area contributed by atoms with Crippen LogP contribution >= 0.6 is 0 Å². The van der Waals surface area contributed by atoms with Crippen molar-refractivity contribution in [3.05, 3.63) is 29.1 Å². The Morgan fingerprint density at radius 1 is 1.27 bits per heavy atom. The second-order valence-corrected chi connectivity index (χ2v) is 4.33. The molecule has 0 bridgehead atoms. The van der Waals surface area contributed by atoms with Crippen molar-refractivity contribution in [1.29, 1.82) is 5.26 Å². The summed E-state index contributed by atoms with van der Waals surface area (Å²) in [5, 5.41) is 8.88.